The minimum atomic E-state index is -0.488. The van der Waals surface area contributed by atoms with Gasteiger partial charge in [-0.3, -0.25) is 0 Å². The highest BCUT2D eigenvalue weighted by Gasteiger charge is 2.27. The fourth-order valence-corrected chi connectivity index (χ4v) is 2.35. The zero-order valence-corrected chi connectivity index (χ0v) is 12.1. The van der Waals surface area contributed by atoms with Crippen molar-refractivity contribution in [2.45, 2.75) is 77.9 Å². The molecule has 0 aromatic carbocycles. The third-order valence-corrected chi connectivity index (χ3v) is 3.92. The maximum absolute atomic E-state index is 9.64. The summed E-state index contributed by atoms with van der Waals surface area (Å²) in [6, 6.07) is 0.721. The van der Waals surface area contributed by atoms with Crippen molar-refractivity contribution in [2.24, 2.45) is 11.8 Å². The van der Waals surface area contributed by atoms with Crippen LogP contribution in [0.15, 0.2) is 0 Å². The topological polar surface area (TPSA) is 32.3 Å². The van der Waals surface area contributed by atoms with E-state index in [1.54, 1.807) is 0 Å². The van der Waals surface area contributed by atoms with Crippen LogP contribution in [0.2, 0.25) is 0 Å². The molecular formula is C15H31NO. The Bertz CT molecular complexity index is 205. The van der Waals surface area contributed by atoms with Gasteiger partial charge >= 0.3 is 0 Å². The molecule has 0 amide bonds. The van der Waals surface area contributed by atoms with Crippen molar-refractivity contribution in [3.05, 3.63) is 0 Å². The summed E-state index contributed by atoms with van der Waals surface area (Å²) in [5.41, 5.74) is -0.488. The monoisotopic (exact) mass is 241 g/mol. The molecule has 102 valence electrons. The molecule has 1 aliphatic carbocycles. The quantitative estimate of drug-likeness (QED) is 0.649. The van der Waals surface area contributed by atoms with E-state index in [2.05, 4.69) is 19.2 Å². The van der Waals surface area contributed by atoms with Crippen molar-refractivity contribution in [1.82, 2.24) is 5.32 Å². The Labute approximate surface area is 107 Å². The van der Waals surface area contributed by atoms with Gasteiger partial charge in [-0.05, 0) is 64.8 Å². The van der Waals surface area contributed by atoms with Crippen molar-refractivity contribution in [1.29, 1.82) is 0 Å². The number of hydrogen-bond donors (Lipinski definition) is 2. The van der Waals surface area contributed by atoms with Crippen molar-refractivity contribution in [3.63, 3.8) is 0 Å². The van der Waals surface area contributed by atoms with Crippen LogP contribution in [0.3, 0.4) is 0 Å². The maximum Gasteiger partial charge on any atom is 0.0591 e. The molecule has 0 aliphatic heterocycles. The first-order valence-electron chi connectivity index (χ1n) is 7.34. The summed E-state index contributed by atoms with van der Waals surface area (Å²) in [5, 5.41) is 13.3. The fourth-order valence-electron chi connectivity index (χ4n) is 2.35. The van der Waals surface area contributed by atoms with Gasteiger partial charge in [0, 0.05) is 6.04 Å². The number of aliphatic hydroxyl groups is 1. The molecule has 1 aliphatic rings. The highest BCUT2D eigenvalue weighted by atomic mass is 16.3. The average molecular weight is 241 g/mol. The van der Waals surface area contributed by atoms with Crippen LogP contribution in [0.4, 0.5) is 0 Å². The van der Waals surface area contributed by atoms with Gasteiger partial charge in [-0.25, -0.2) is 0 Å². The molecule has 0 unspecified atom stereocenters. The summed E-state index contributed by atoms with van der Waals surface area (Å²) in [5.74, 6) is 1.73. The first kappa shape index (κ1) is 15.0. The van der Waals surface area contributed by atoms with E-state index >= 15 is 0 Å². The first-order valence-corrected chi connectivity index (χ1v) is 7.34. The lowest BCUT2D eigenvalue weighted by Gasteiger charge is -2.19. The Morgan fingerprint density at radius 1 is 1.24 bits per heavy atom. The molecule has 0 spiro atoms. The maximum atomic E-state index is 9.64. The van der Waals surface area contributed by atoms with Gasteiger partial charge in [0.05, 0.1) is 5.60 Å². The van der Waals surface area contributed by atoms with Crippen LogP contribution in [-0.2, 0) is 0 Å². The van der Waals surface area contributed by atoms with Gasteiger partial charge in [0.25, 0.3) is 0 Å². The van der Waals surface area contributed by atoms with Crippen LogP contribution >= 0.6 is 0 Å². The van der Waals surface area contributed by atoms with Crippen LogP contribution in [0.25, 0.3) is 0 Å². The van der Waals surface area contributed by atoms with Gasteiger partial charge in [-0.2, -0.15) is 0 Å². The lowest BCUT2D eigenvalue weighted by atomic mass is 9.95. The summed E-state index contributed by atoms with van der Waals surface area (Å²) >= 11 is 0. The third-order valence-electron chi connectivity index (χ3n) is 3.92. The fraction of sp³-hybridized carbons (Fsp3) is 1.00. The normalized spacial score (nSPS) is 20.3. The molecule has 0 radical (unpaired) electrons. The lowest BCUT2D eigenvalue weighted by molar-refractivity contribution is 0.0669. The van der Waals surface area contributed by atoms with E-state index in [-0.39, 0.29) is 0 Å². The Morgan fingerprint density at radius 3 is 2.41 bits per heavy atom. The Kier molecular flexibility index (Phi) is 5.94. The number of rotatable bonds is 9. The van der Waals surface area contributed by atoms with Crippen molar-refractivity contribution in [2.75, 3.05) is 6.54 Å². The zero-order chi connectivity index (χ0) is 12.9. The van der Waals surface area contributed by atoms with Crippen LogP contribution in [-0.4, -0.2) is 23.3 Å². The Morgan fingerprint density at radius 2 is 1.88 bits per heavy atom. The predicted octanol–water partition coefficient (Wildman–Crippen LogP) is 3.34. The van der Waals surface area contributed by atoms with E-state index in [4.69, 9.17) is 0 Å². The summed E-state index contributed by atoms with van der Waals surface area (Å²) in [7, 11) is 0. The van der Waals surface area contributed by atoms with E-state index in [9.17, 15) is 5.11 Å². The molecular weight excluding hydrogens is 210 g/mol. The van der Waals surface area contributed by atoms with Gasteiger partial charge in [-0.15, -0.1) is 0 Å². The molecule has 2 heteroatoms. The molecule has 1 fully saturated rings. The minimum Gasteiger partial charge on any atom is -0.390 e. The summed E-state index contributed by atoms with van der Waals surface area (Å²) in [6.07, 6.45) is 7.42. The third kappa shape index (κ3) is 7.77. The molecule has 1 rings (SSSR count). The van der Waals surface area contributed by atoms with E-state index < -0.39 is 5.60 Å². The zero-order valence-electron chi connectivity index (χ0n) is 12.1. The van der Waals surface area contributed by atoms with Crippen molar-refractivity contribution < 1.29 is 5.11 Å². The summed E-state index contributed by atoms with van der Waals surface area (Å²) in [4.78, 5) is 0. The largest absolute Gasteiger partial charge is 0.390 e. The van der Waals surface area contributed by atoms with Crippen LogP contribution in [0.1, 0.15) is 66.2 Å². The Hall–Kier alpha value is -0.0800. The highest BCUT2D eigenvalue weighted by Crippen LogP contribution is 2.32. The van der Waals surface area contributed by atoms with Crippen molar-refractivity contribution >= 4 is 0 Å². The van der Waals surface area contributed by atoms with Gasteiger partial charge < -0.3 is 10.4 Å². The predicted molar refractivity (Wildman–Crippen MR) is 74.1 cm³/mol. The van der Waals surface area contributed by atoms with Crippen LogP contribution < -0.4 is 5.32 Å². The number of hydrogen-bond acceptors (Lipinski definition) is 2. The molecule has 0 saturated heterocycles. The van der Waals surface area contributed by atoms with Gasteiger partial charge in [0.15, 0.2) is 0 Å². The standard InChI is InChI=1S/C15H31NO/c1-12(6-5-10-15(3,4)17)9-11-16-13(2)14-7-8-14/h12-14,16-17H,5-11H2,1-4H3/t12-,13-/m0/s1. The molecule has 0 heterocycles. The molecule has 1 saturated carbocycles. The van der Waals surface area contributed by atoms with E-state index in [0.717, 1.165) is 37.3 Å². The second-order valence-electron chi connectivity index (χ2n) is 6.68. The molecule has 0 aromatic heterocycles. The average Bonchev–Trinajstić information content (AvgIpc) is 2.98. The first-order chi connectivity index (χ1) is 7.88. The number of nitrogens with one attached hydrogen (secondary N) is 1. The highest BCUT2D eigenvalue weighted by molar-refractivity contribution is 4.83. The molecule has 0 aromatic rings. The Balaban J connectivity index is 1.95. The smallest absolute Gasteiger partial charge is 0.0591 e. The van der Waals surface area contributed by atoms with Crippen LogP contribution in [0, 0.1) is 11.8 Å². The summed E-state index contributed by atoms with van der Waals surface area (Å²) in [6.45, 7) is 9.60. The molecule has 2 atom stereocenters. The van der Waals surface area contributed by atoms with Gasteiger partial charge in [-0.1, -0.05) is 19.8 Å². The molecule has 0 bridgehead atoms. The molecule has 2 N–H and O–H groups in total. The van der Waals surface area contributed by atoms with E-state index in [1.807, 2.05) is 13.8 Å². The second-order valence-corrected chi connectivity index (χ2v) is 6.68. The molecule has 2 nitrogen and oxygen atoms in total. The van der Waals surface area contributed by atoms with Gasteiger partial charge in [0.1, 0.15) is 0 Å². The summed E-state index contributed by atoms with van der Waals surface area (Å²) < 4.78 is 0. The van der Waals surface area contributed by atoms with Crippen molar-refractivity contribution in [3.8, 4) is 0 Å². The molecule has 17 heavy (non-hydrogen) atoms. The lowest BCUT2D eigenvalue weighted by Crippen LogP contribution is -2.29. The SMILES string of the molecule is C[C@@H](CCCC(C)(C)O)CCN[C@@H](C)C1CC1. The second kappa shape index (κ2) is 6.75. The van der Waals surface area contributed by atoms with Gasteiger partial charge in [0.2, 0.25) is 0 Å². The van der Waals surface area contributed by atoms with E-state index in [1.165, 1.54) is 25.7 Å². The minimum absolute atomic E-state index is 0.488. The van der Waals surface area contributed by atoms with E-state index in [0.29, 0.717) is 0 Å². The van der Waals surface area contributed by atoms with Crippen LogP contribution in [0.5, 0.6) is 0 Å².